The van der Waals surface area contributed by atoms with E-state index >= 15 is 0 Å². The van der Waals surface area contributed by atoms with E-state index in [1.54, 1.807) is 6.07 Å². The molecule has 0 aliphatic rings. The lowest BCUT2D eigenvalue weighted by Gasteiger charge is -2.12. The number of pyridine rings is 1. The summed E-state index contributed by atoms with van der Waals surface area (Å²) in [6, 6.07) is 2.51. The van der Waals surface area contributed by atoms with Crippen LogP contribution in [0.25, 0.3) is 0 Å². The van der Waals surface area contributed by atoms with Crippen molar-refractivity contribution in [1.29, 1.82) is 5.26 Å². The molecule has 0 aliphatic carbocycles. The van der Waals surface area contributed by atoms with Crippen LogP contribution in [0, 0.1) is 11.3 Å². The number of rotatable bonds is 2. The Hall–Kier alpha value is -1.33. The predicted molar refractivity (Wildman–Crippen MR) is 51.2 cm³/mol. The third-order valence-electron chi connectivity index (χ3n) is 1.53. The van der Waals surface area contributed by atoms with Crippen molar-refractivity contribution in [2.24, 2.45) is 5.73 Å². The van der Waals surface area contributed by atoms with Crippen LogP contribution >= 0.6 is 15.9 Å². The van der Waals surface area contributed by atoms with Crippen LogP contribution < -0.4 is 10.5 Å². The van der Waals surface area contributed by atoms with E-state index in [4.69, 9.17) is 11.0 Å². The number of nitrogens with zero attached hydrogens (tertiary/aromatic N) is 2. The Labute approximate surface area is 97.0 Å². The minimum absolute atomic E-state index is 0.00803. The van der Waals surface area contributed by atoms with E-state index in [0.717, 1.165) is 6.07 Å². The zero-order valence-electron chi connectivity index (χ0n) is 7.68. The molecule has 0 unspecified atom stereocenters. The normalized spacial score (nSPS) is 11.0. The van der Waals surface area contributed by atoms with Crippen molar-refractivity contribution in [3.8, 4) is 11.8 Å². The standard InChI is InChI=1S/C8H5BrF3N3O/c9-7-5(3-14)15-4(2-13)1-6(7)16-8(10,11)12/h1H,3,14H2. The summed E-state index contributed by atoms with van der Waals surface area (Å²) in [6.07, 6.45) is -4.83. The van der Waals surface area contributed by atoms with E-state index in [9.17, 15) is 13.2 Å². The Balaban J connectivity index is 3.23. The van der Waals surface area contributed by atoms with Gasteiger partial charge in [0, 0.05) is 12.6 Å². The number of nitrogens with two attached hydrogens (primary N) is 1. The molecular weight excluding hydrogens is 291 g/mol. The first-order valence-electron chi connectivity index (χ1n) is 3.92. The lowest BCUT2D eigenvalue weighted by atomic mass is 10.3. The lowest BCUT2D eigenvalue weighted by molar-refractivity contribution is -0.274. The molecule has 2 N–H and O–H groups in total. The fraction of sp³-hybridized carbons (Fsp3) is 0.250. The zero-order valence-corrected chi connectivity index (χ0v) is 9.26. The largest absolute Gasteiger partial charge is 0.573 e. The van der Waals surface area contributed by atoms with Gasteiger partial charge in [-0.15, -0.1) is 13.2 Å². The second-order valence-corrected chi connectivity index (χ2v) is 3.42. The highest BCUT2D eigenvalue weighted by Gasteiger charge is 2.32. The quantitative estimate of drug-likeness (QED) is 0.907. The molecule has 0 aliphatic heterocycles. The van der Waals surface area contributed by atoms with Gasteiger partial charge in [0.2, 0.25) is 0 Å². The third-order valence-corrected chi connectivity index (χ3v) is 2.37. The fourth-order valence-corrected chi connectivity index (χ4v) is 1.39. The maximum Gasteiger partial charge on any atom is 0.573 e. The lowest BCUT2D eigenvalue weighted by Crippen LogP contribution is -2.18. The molecule has 1 aromatic rings. The number of halogens is 4. The molecule has 1 aromatic heterocycles. The van der Waals surface area contributed by atoms with Gasteiger partial charge >= 0.3 is 6.36 Å². The van der Waals surface area contributed by atoms with E-state index in [-0.39, 0.29) is 22.4 Å². The Morgan fingerprint density at radius 1 is 1.56 bits per heavy atom. The molecule has 0 radical (unpaired) electrons. The minimum Gasteiger partial charge on any atom is -0.404 e. The van der Waals surface area contributed by atoms with Gasteiger partial charge in [-0.2, -0.15) is 5.26 Å². The topological polar surface area (TPSA) is 71.9 Å². The Morgan fingerprint density at radius 3 is 2.62 bits per heavy atom. The first-order chi connectivity index (χ1) is 7.37. The third kappa shape index (κ3) is 3.08. The minimum atomic E-state index is -4.83. The second kappa shape index (κ2) is 4.67. The van der Waals surface area contributed by atoms with Gasteiger partial charge in [0.05, 0.1) is 10.2 Å². The number of hydrogen-bond acceptors (Lipinski definition) is 4. The van der Waals surface area contributed by atoms with Gasteiger partial charge in [0.1, 0.15) is 17.5 Å². The average Bonchev–Trinajstić information content (AvgIpc) is 2.19. The predicted octanol–water partition coefficient (Wildman–Crippen LogP) is 2.07. The van der Waals surface area contributed by atoms with Crippen LogP contribution in [0.15, 0.2) is 10.5 Å². The summed E-state index contributed by atoms with van der Waals surface area (Å²) in [7, 11) is 0. The molecule has 16 heavy (non-hydrogen) atoms. The molecule has 0 spiro atoms. The van der Waals surface area contributed by atoms with Gasteiger partial charge in [0.25, 0.3) is 0 Å². The number of hydrogen-bond donors (Lipinski definition) is 1. The second-order valence-electron chi connectivity index (χ2n) is 2.63. The highest BCUT2D eigenvalue weighted by atomic mass is 79.9. The fourth-order valence-electron chi connectivity index (χ4n) is 0.948. The summed E-state index contributed by atoms with van der Waals surface area (Å²) in [5.74, 6) is -0.528. The molecule has 0 bridgehead atoms. The number of aromatic nitrogens is 1. The van der Waals surface area contributed by atoms with E-state index in [2.05, 4.69) is 25.7 Å². The van der Waals surface area contributed by atoms with E-state index in [0.29, 0.717) is 0 Å². The van der Waals surface area contributed by atoms with Crippen molar-refractivity contribution >= 4 is 15.9 Å². The first-order valence-corrected chi connectivity index (χ1v) is 4.72. The van der Waals surface area contributed by atoms with Crippen molar-refractivity contribution in [3.05, 3.63) is 21.9 Å². The number of ether oxygens (including phenoxy) is 1. The van der Waals surface area contributed by atoms with Crippen LogP contribution in [0.5, 0.6) is 5.75 Å². The van der Waals surface area contributed by atoms with Crippen LogP contribution in [0.2, 0.25) is 0 Å². The number of alkyl halides is 3. The van der Waals surface area contributed by atoms with Crippen molar-refractivity contribution in [1.82, 2.24) is 4.98 Å². The summed E-state index contributed by atoms with van der Waals surface area (Å²) >= 11 is 2.88. The van der Waals surface area contributed by atoms with Crippen molar-refractivity contribution < 1.29 is 17.9 Å². The van der Waals surface area contributed by atoms with Gasteiger partial charge < -0.3 is 10.5 Å². The summed E-state index contributed by atoms with van der Waals surface area (Å²) in [4.78, 5) is 3.72. The van der Waals surface area contributed by atoms with Crippen LogP contribution in [0.1, 0.15) is 11.4 Å². The summed E-state index contributed by atoms with van der Waals surface area (Å²) in [6.45, 7) is -0.107. The smallest absolute Gasteiger partial charge is 0.404 e. The van der Waals surface area contributed by atoms with Crippen LogP contribution in [-0.2, 0) is 6.54 Å². The molecule has 0 saturated heterocycles. The highest BCUT2D eigenvalue weighted by molar-refractivity contribution is 9.10. The molecule has 8 heteroatoms. The molecule has 0 saturated carbocycles. The molecule has 0 atom stereocenters. The Morgan fingerprint density at radius 2 is 2.19 bits per heavy atom. The van der Waals surface area contributed by atoms with Gasteiger partial charge in [-0.05, 0) is 15.9 Å². The molecule has 0 aromatic carbocycles. The van der Waals surface area contributed by atoms with Crippen molar-refractivity contribution in [3.63, 3.8) is 0 Å². The van der Waals surface area contributed by atoms with Gasteiger partial charge in [0.15, 0.2) is 0 Å². The maximum atomic E-state index is 12.0. The molecule has 0 fully saturated rings. The summed E-state index contributed by atoms with van der Waals surface area (Å²) < 4.78 is 39.8. The Kier molecular flexibility index (Phi) is 3.72. The van der Waals surface area contributed by atoms with Crippen LogP contribution in [0.4, 0.5) is 13.2 Å². The summed E-state index contributed by atoms with van der Waals surface area (Å²) in [5, 5.41) is 8.57. The van der Waals surface area contributed by atoms with E-state index in [1.165, 1.54) is 0 Å². The monoisotopic (exact) mass is 295 g/mol. The molecular formula is C8H5BrF3N3O. The van der Waals surface area contributed by atoms with Gasteiger partial charge in [-0.1, -0.05) is 0 Å². The Bertz CT molecular complexity index is 441. The molecule has 1 heterocycles. The van der Waals surface area contributed by atoms with Crippen molar-refractivity contribution in [2.75, 3.05) is 0 Å². The van der Waals surface area contributed by atoms with Gasteiger partial charge in [-0.25, -0.2) is 4.98 Å². The zero-order chi connectivity index (χ0) is 12.3. The maximum absolute atomic E-state index is 12.0. The first kappa shape index (κ1) is 12.7. The van der Waals surface area contributed by atoms with E-state index < -0.39 is 12.1 Å². The van der Waals surface area contributed by atoms with Crippen LogP contribution in [0.3, 0.4) is 0 Å². The SMILES string of the molecule is N#Cc1cc(OC(F)(F)F)c(Br)c(CN)n1. The highest BCUT2D eigenvalue weighted by Crippen LogP contribution is 2.32. The molecule has 0 amide bonds. The number of nitriles is 1. The molecule has 1 rings (SSSR count). The molecule has 86 valence electrons. The molecule has 4 nitrogen and oxygen atoms in total. The summed E-state index contributed by atoms with van der Waals surface area (Å²) in [5.41, 5.74) is 5.20. The van der Waals surface area contributed by atoms with Crippen LogP contribution in [-0.4, -0.2) is 11.3 Å². The van der Waals surface area contributed by atoms with Gasteiger partial charge in [-0.3, -0.25) is 0 Å². The van der Waals surface area contributed by atoms with E-state index in [1.807, 2.05) is 0 Å². The average molecular weight is 296 g/mol. The van der Waals surface area contributed by atoms with Crippen molar-refractivity contribution in [2.45, 2.75) is 12.9 Å².